The Morgan fingerprint density at radius 1 is 1.53 bits per heavy atom. The Hall–Kier alpha value is -1.46. The molecule has 0 aromatic carbocycles. The van der Waals surface area contributed by atoms with Gasteiger partial charge < -0.3 is 16.0 Å². The van der Waals surface area contributed by atoms with E-state index in [1.54, 1.807) is 13.1 Å². The molecular weight excluding hydrogens is 240 g/mol. The molecule has 0 spiro atoms. The second kappa shape index (κ2) is 6.63. The second-order valence-electron chi connectivity index (χ2n) is 5.41. The zero-order valence-corrected chi connectivity index (χ0v) is 12.2. The molecule has 1 atom stereocenters. The molecule has 0 saturated carbocycles. The number of carbonyl (C=O) groups excluding carboxylic acids is 1. The second-order valence-corrected chi connectivity index (χ2v) is 5.41. The minimum atomic E-state index is -0.853. The molecule has 5 heteroatoms. The number of nitrogens with zero attached hydrogens (tertiary/aromatic N) is 2. The molecule has 0 bridgehead atoms. The van der Waals surface area contributed by atoms with Crippen LogP contribution in [0.5, 0.6) is 0 Å². The number of nitrogens with two attached hydrogens (primary N) is 1. The molecule has 106 valence electrons. The average Bonchev–Trinajstić information content (AvgIpc) is 2.28. The van der Waals surface area contributed by atoms with E-state index >= 15 is 0 Å². The van der Waals surface area contributed by atoms with Crippen molar-refractivity contribution < 1.29 is 4.79 Å². The van der Waals surface area contributed by atoms with Gasteiger partial charge in [0.25, 0.3) is 0 Å². The van der Waals surface area contributed by atoms with Crippen molar-refractivity contribution in [1.82, 2.24) is 9.88 Å². The lowest BCUT2D eigenvalue weighted by molar-refractivity contribution is -0.120. The van der Waals surface area contributed by atoms with Crippen molar-refractivity contribution in [2.45, 2.75) is 38.8 Å². The lowest BCUT2D eigenvalue weighted by Crippen LogP contribution is -2.48. The van der Waals surface area contributed by atoms with Crippen LogP contribution in [0, 0.1) is 0 Å². The van der Waals surface area contributed by atoms with Crippen LogP contribution in [-0.4, -0.2) is 35.4 Å². The molecule has 3 N–H and O–H groups in total. The molecule has 0 saturated heterocycles. The third-order valence-electron chi connectivity index (χ3n) is 2.85. The largest absolute Gasteiger partial charge is 0.318 e. The Balaban J connectivity index is 2.74. The fourth-order valence-electron chi connectivity index (χ4n) is 1.90. The molecule has 5 nitrogen and oxygen atoms in total. The number of hydrogen-bond acceptors (Lipinski definition) is 4. The molecule has 19 heavy (non-hydrogen) atoms. The number of nitrogens with one attached hydrogen (secondary N) is 1. The van der Waals surface area contributed by atoms with Gasteiger partial charge in [0.15, 0.2) is 0 Å². The molecule has 0 aliphatic heterocycles. The normalized spacial score (nSPS) is 14.2. The fourth-order valence-corrected chi connectivity index (χ4v) is 1.90. The summed E-state index contributed by atoms with van der Waals surface area (Å²) in [7, 11) is 3.99. The first-order valence-electron chi connectivity index (χ1n) is 6.55. The van der Waals surface area contributed by atoms with Gasteiger partial charge in [-0.05, 0) is 45.1 Å². The Labute approximate surface area is 115 Å². The minimum Gasteiger partial charge on any atom is -0.318 e. The van der Waals surface area contributed by atoms with Crippen molar-refractivity contribution in [3.63, 3.8) is 0 Å². The standard InChI is InChI=1S/C14H24N4O/c1-5-7-14(2,15)13(19)17-12-9-11(6-8-16-12)10-18(3)4/h6,8-9H,5,7,10,15H2,1-4H3,(H,16,17,19). The Morgan fingerprint density at radius 2 is 2.21 bits per heavy atom. The highest BCUT2D eigenvalue weighted by atomic mass is 16.2. The SMILES string of the molecule is CCCC(C)(N)C(=O)Nc1cc(CN(C)C)ccn1. The van der Waals surface area contributed by atoms with E-state index in [0.717, 1.165) is 18.5 Å². The smallest absolute Gasteiger partial charge is 0.245 e. The van der Waals surface area contributed by atoms with Crippen molar-refractivity contribution in [2.75, 3.05) is 19.4 Å². The monoisotopic (exact) mass is 264 g/mol. The van der Waals surface area contributed by atoms with Gasteiger partial charge in [-0.25, -0.2) is 4.98 Å². The summed E-state index contributed by atoms with van der Waals surface area (Å²) in [5.74, 6) is 0.362. The number of hydrogen-bond donors (Lipinski definition) is 2. The summed E-state index contributed by atoms with van der Waals surface area (Å²) in [4.78, 5) is 18.3. The molecule has 1 heterocycles. The maximum absolute atomic E-state index is 12.1. The lowest BCUT2D eigenvalue weighted by Gasteiger charge is -2.22. The number of aromatic nitrogens is 1. The maximum Gasteiger partial charge on any atom is 0.245 e. The van der Waals surface area contributed by atoms with E-state index in [2.05, 4.69) is 15.2 Å². The molecule has 0 aliphatic carbocycles. The van der Waals surface area contributed by atoms with Crippen LogP contribution in [0.15, 0.2) is 18.3 Å². The Kier molecular flexibility index (Phi) is 5.44. The van der Waals surface area contributed by atoms with Crippen LogP contribution in [-0.2, 0) is 11.3 Å². The van der Waals surface area contributed by atoms with Gasteiger partial charge in [-0.15, -0.1) is 0 Å². The van der Waals surface area contributed by atoms with E-state index in [-0.39, 0.29) is 5.91 Å². The minimum absolute atomic E-state index is 0.191. The highest BCUT2D eigenvalue weighted by Gasteiger charge is 2.27. The van der Waals surface area contributed by atoms with Gasteiger partial charge in [-0.3, -0.25) is 4.79 Å². The van der Waals surface area contributed by atoms with Crippen LogP contribution in [0.4, 0.5) is 5.82 Å². The first-order valence-corrected chi connectivity index (χ1v) is 6.55. The average molecular weight is 264 g/mol. The third kappa shape index (κ3) is 4.96. The number of amides is 1. The molecule has 1 aromatic rings. The molecule has 0 aliphatic rings. The van der Waals surface area contributed by atoms with Gasteiger partial charge in [0.2, 0.25) is 5.91 Å². The quantitative estimate of drug-likeness (QED) is 0.818. The van der Waals surface area contributed by atoms with E-state index in [4.69, 9.17) is 5.73 Å². The summed E-state index contributed by atoms with van der Waals surface area (Å²) >= 11 is 0. The Bertz CT molecular complexity index is 429. The van der Waals surface area contributed by atoms with Crippen molar-refractivity contribution in [3.05, 3.63) is 23.9 Å². The van der Waals surface area contributed by atoms with Gasteiger partial charge >= 0.3 is 0 Å². The van der Waals surface area contributed by atoms with Crippen molar-refractivity contribution in [1.29, 1.82) is 0 Å². The summed E-state index contributed by atoms with van der Waals surface area (Å²) in [6, 6.07) is 3.81. The number of anilines is 1. The molecule has 0 fully saturated rings. The van der Waals surface area contributed by atoms with Crippen LogP contribution in [0.2, 0.25) is 0 Å². The first kappa shape index (κ1) is 15.6. The molecular formula is C14H24N4O. The summed E-state index contributed by atoms with van der Waals surface area (Å²) < 4.78 is 0. The van der Waals surface area contributed by atoms with Crippen LogP contribution >= 0.6 is 0 Å². The van der Waals surface area contributed by atoms with Crippen LogP contribution < -0.4 is 11.1 Å². The highest BCUT2D eigenvalue weighted by Crippen LogP contribution is 2.13. The van der Waals surface area contributed by atoms with Gasteiger partial charge in [0.1, 0.15) is 5.82 Å². The summed E-state index contributed by atoms with van der Waals surface area (Å²) in [5, 5.41) is 2.79. The van der Waals surface area contributed by atoms with Crippen LogP contribution in [0.1, 0.15) is 32.3 Å². The lowest BCUT2D eigenvalue weighted by atomic mass is 9.96. The van der Waals surface area contributed by atoms with E-state index in [1.165, 1.54) is 0 Å². The summed E-state index contributed by atoms with van der Waals surface area (Å²) in [5.41, 5.74) is 6.24. The number of rotatable bonds is 6. The van der Waals surface area contributed by atoms with E-state index in [1.807, 2.05) is 33.2 Å². The molecule has 1 rings (SSSR count). The van der Waals surface area contributed by atoms with Gasteiger partial charge in [-0.2, -0.15) is 0 Å². The van der Waals surface area contributed by atoms with Crippen LogP contribution in [0.3, 0.4) is 0 Å². The van der Waals surface area contributed by atoms with Gasteiger partial charge in [0, 0.05) is 12.7 Å². The molecule has 1 unspecified atom stereocenters. The fraction of sp³-hybridized carbons (Fsp3) is 0.571. The predicted octanol–water partition coefficient (Wildman–Crippen LogP) is 1.60. The highest BCUT2D eigenvalue weighted by molar-refractivity contribution is 5.96. The zero-order chi connectivity index (χ0) is 14.5. The predicted molar refractivity (Wildman–Crippen MR) is 77.8 cm³/mol. The van der Waals surface area contributed by atoms with Crippen LogP contribution in [0.25, 0.3) is 0 Å². The summed E-state index contributed by atoms with van der Waals surface area (Å²) in [6.07, 6.45) is 3.22. The van der Waals surface area contributed by atoms with E-state index < -0.39 is 5.54 Å². The van der Waals surface area contributed by atoms with Gasteiger partial charge in [-0.1, -0.05) is 13.3 Å². The van der Waals surface area contributed by atoms with E-state index in [0.29, 0.717) is 12.2 Å². The van der Waals surface area contributed by atoms with Crippen molar-refractivity contribution >= 4 is 11.7 Å². The Morgan fingerprint density at radius 3 is 2.79 bits per heavy atom. The molecule has 1 amide bonds. The van der Waals surface area contributed by atoms with E-state index in [9.17, 15) is 4.79 Å². The number of pyridine rings is 1. The van der Waals surface area contributed by atoms with Gasteiger partial charge in [0.05, 0.1) is 5.54 Å². The third-order valence-corrected chi connectivity index (χ3v) is 2.85. The topological polar surface area (TPSA) is 71.2 Å². The molecule has 1 aromatic heterocycles. The number of carbonyl (C=O) groups is 1. The van der Waals surface area contributed by atoms with Crippen molar-refractivity contribution in [3.8, 4) is 0 Å². The first-order chi connectivity index (χ1) is 8.85. The molecule has 0 radical (unpaired) electrons. The maximum atomic E-state index is 12.1. The zero-order valence-electron chi connectivity index (χ0n) is 12.2. The summed E-state index contributed by atoms with van der Waals surface area (Å²) in [6.45, 7) is 4.56. The van der Waals surface area contributed by atoms with Crippen molar-refractivity contribution in [2.24, 2.45) is 5.73 Å².